The summed E-state index contributed by atoms with van der Waals surface area (Å²) in [6.45, 7) is -3.48. The second-order valence-electron chi connectivity index (χ2n) is 7.13. The highest BCUT2D eigenvalue weighted by molar-refractivity contribution is 6.13. The molecule has 0 atom stereocenters. The number of hydrogen-bond donors (Lipinski definition) is 1. The molecule has 0 bridgehead atoms. The van der Waals surface area contributed by atoms with E-state index in [9.17, 15) is 23.2 Å². The zero-order valence-electron chi connectivity index (χ0n) is 16.7. The summed E-state index contributed by atoms with van der Waals surface area (Å²) in [5.74, 6) is -1.20. The summed E-state index contributed by atoms with van der Waals surface area (Å²) in [6.07, 6.45) is 0. The molecule has 0 spiro atoms. The van der Waals surface area contributed by atoms with Gasteiger partial charge in [0.1, 0.15) is 5.75 Å². The standard InChI is InChI=1S/C24H18F2N2O4/c25-22(26)32-19-13-11-16(12-14-19)20(29)15-28-21(30)24(27-23(28)31,17-7-3-1-4-8-17)18-9-5-2-6-10-18/h1-14,22H,15H2,(H,27,31). The third kappa shape index (κ3) is 3.82. The van der Waals surface area contributed by atoms with Crippen molar-refractivity contribution in [1.29, 1.82) is 0 Å². The first-order valence-corrected chi connectivity index (χ1v) is 9.75. The summed E-state index contributed by atoms with van der Waals surface area (Å²) in [5, 5.41) is 2.77. The number of alkyl halides is 2. The number of Topliss-reactive ketones (excluding diaryl/α,β-unsaturated/α-hetero) is 1. The molecular formula is C24H18F2N2O4. The van der Waals surface area contributed by atoms with Crippen molar-refractivity contribution < 1.29 is 27.9 Å². The Labute approximate surface area is 182 Å². The molecule has 0 aliphatic carbocycles. The van der Waals surface area contributed by atoms with E-state index in [0.29, 0.717) is 11.1 Å². The average molecular weight is 436 g/mol. The number of ether oxygens (including phenoxy) is 1. The molecular weight excluding hydrogens is 418 g/mol. The molecule has 1 saturated heterocycles. The highest BCUT2D eigenvalue weighted by Crippen LogP contribution is 2.36. The van der Waals surface area contributed by atoms with Gasteiger partial charge in [0.25, 0.3) is 5.91 Å². The Kier molecular flexibility index (Phi) is 5.68. The van der Waals surface area contributed by atoms with Crippen LogP contribution in [0.4, 0.5) is 13.6 Å². The van der Waals surface area contributed by atoms with Gasteiger partial charge in [-0.3, -0.25) is 14.5 Å². The zero-order chi connectivity index (χ0) is 22.7. The molecule has 32 heavy (non-hydrogen) atoms. The van der Waals surface area contributed by atoms with E-state index in [-0.39, 0.29) is 11.3 Å². The van der Waals surface area contributed by atoms with Crippen LogP contribution in [0.25, 0.3) is 0 Å². The Hall–Kier alpha value is -4.07. The van der Waals surface area contributed by atoms with Crippen LogP contribution in [0.5, 0.6) is 5.75 Å². The van der Waals surface area contributed by atoms with Crippen LogP contribution in [-0.4, -0.2) is 35.8 Å². The molecule has 0 unspecified atom stereocenters. The fourth-order valence-electron chi connectivity index (χ4n) is 3.71. The summed E-state index contributed by atoms with van der Waals surface area (Å²) < 4.78 is 28.9. The number of nitrogens with one attached hydrogen (secondary N) is 1. The maximum atomic E-state index is 13.6. The van der Waals surface area contributed by atoms with Crippen LogP contribution in [0, 0.1) is 0 Å². The molecule has 6 nitrogen and oxygen atoms in total. The Morgan fingerprint density at radius 2 is 1.41 bits per heavy atom. The Bertz CT molecular complexity index is 1100. The Morgan fingerprint density at radius 3 is 1.91 bits per heavy atom. The molecule has 1 fully saturated rings. The number of halogens is 2. The topological polar surface area (TPSA) is 75.7 Å². The average Bonchev–Trinajstić information content (AvgIpc) is 3.06. The van der Waals surface area contributed by atoms with E-state index >= 15 is 0 Å². The van der Waals surface area contributed by atoms with Crippen LogP contribution < -0.4 is 10.1 Å². The van der Waals surface area contributed by atoms with Gasteiger partial charge in [-0.1, -0.05) is 60.7 Å². The van der Waals surface area contributed by atoms with E-state index in [1.807, 2.05) is 0 Å². The second kappa shape index (κ2) is 8.58. The predicted molar refractivity (Wildman–Crippen MR) is 111 cm³/mol. The van der Waals surface area contributed by atoms with Gasteiger partial charge in [0, 0.05) is 5.56 Å². The van der Waals surface area contributed by atoms with Gasteiger partial charge in [-0.15, -0.1) is 0 Å². The van der Waals surface area contributed by atoms with Crippen molar-refractivity contribution in [2.75, 3.05) is 6.54 Å². The Balaban J connectivity index is 1.63. The van der Waals surface area contributed by atoms with Crippen molar-refractivity contribution >= 4 is 17.7 Å². The van der Waals surface area contributed by atoms with E-state index in [0.717, 1.165) is 4.90 Å². The predicted octanol–water partition coefficient (Wildman–Crippen LogP) is 3.97. The summed E-state index contributed by atoms with van der Waals surface area (Å²) in [4.78, 5) is 40.0. The molecule has 1 N–H and O–H groups in total. The SMILES string of the molecule is O=C(CN1C(=O)NC(c2ccccc2)(c2ccccc2)C1=O)c1ccc(OC(F)F)cc1. The summed E-state index contributed by atoms with van der Waals surface area (Å²) in [5.41, 5.74) is -0.181. The fourth-order valence-corrected chi connectivity index (χ4v) is 3.71. The number of imide groups is 1. The monoisotopic (exact) mass is 436 g/mol. The number of nitrogens with zero attached hydrogens (tertiary/aromatic N) is 1. The number of rotatable bonds is 7. The molecule has 0 aromatic heterocycles. The Morgan fingerprint density at radius 1 is 0.875 bits per heavy atom. The highest BCUT2D eigenvalue weighted by Gasteiger charge is 2.54. The quantitative estimate of drug-likeness (QED) is 0.449. The first-order valence-electron chi connectivity index (χ1n) is 9.75. The summed E-state index contributed by atoms with van der Waals surface area (Å²) >= 11 is 0. The first kappa shape index (κ1) is 21.2. The number of ketones is 1. The fraction of sp³-hybridized carbons (Fsp3) is 0.125. The smallest absolute Gasteiger partial charge is 0.387 e. The van der Waals surface area contributed by atoms with Gasteiger partial charge in [-0.2, -0.15) is 8.78 Å². The molecule has 1 aliphatic heterocycles. The lowest BCUT2D eigenvalue weighted by Crippen LogP contribution is -2.45. The van der Waals surface area contributed by atoms with Gasteiger partial charge in [0.15, 0.2) is 11.3 Å². The minimum Gasteiger partial charge on any atom is -0.435 e. The molecule has 4 rings (SSSR count). The van der Waals surface area contributed by atoms with Crippen LogP contribution in [0.1, 0.15) is 21.5 Å². The van der Waals surface area contributed by atoms with Gasteiger partial charge in [0.05, 0.1) is 6.54 Å². The largest absolute Gasteiger partial charge is 0.435 e. The molecule has 0 saturated carbocycles. The van der Waals surface area contributed by atoms with Crippen molar-refractivity contribution in [3.05, 3.63) is 102 Å². The minimum atomic E-state index is -2.98. The number of carbonyl (C=O) groups is 3. The van der Waals surface area contributed by atoms with Gasteiger partial charge in [-0.05, 0) is 35.4 Å². The van der Waals surface area contributed by atoms with Crippen LogP contribution in [-0.2, 0) is 10.3 Å². The van der Waals surface area contributed by atoms with Crippen molar-refractivity contribution in [3.63, 3.8) is 0 Å². The maximum Gasteiger partial charge on any atom is 0.387 e. The van der Waals surface area contributed by atoms with E-state index in [2.05, 4.69) is 10.1 Å². The molecule has 3 aromatic carbocycles. The number of hydrogen-bond acceptors (Lipinski definition) is 4. The third-order valence-electron chi connectivity index (χ3n) is 5.22. The number of urea groups is 1. The lowest BCUT2D eigenvalue weighted by Gasteiger charge is -2.28. The minimum absolute atomic E-state index is 0.0984. The van der Waals surface area contributed by atoms with Crippen LogP contribution in [0.15, 0.2) is 84.9 Å². The number of carbonyl (C=O) groups excluding carboxylic acids is 3. The molecule has 0 radical (unpaired) electrons. The third-order valence-corrected chi connectivity index (χ3v) is 5.22. The molecule has 1 aliphatic rings. The van der Waals surface area contributed by atoms with E-state index in [1.165, 1.54) is 24.3 Å². The second-order valence-corrected chi connectivity index (χ2v) is 7.13. The van der Waals surface area contributed by atoms with Crippen molar-refractivity contribution in [2.24, 2.45) is 0 Å². The lowest BCUT2D eigenvalue weighted by molar-refractivity contribution is -0.129. The van der Waals surface area contributed by atoms with Crippen LogP contribution >= 0.6 is 0 Å². The van der Waals surface area contributed by atoms with E-state index < -0.39 is 36.4 Å². The van der Waals surface area contributed by atoms with Crippen molar-refractivity contribution in [1.82, 2.24) is 10.2 Å². The van der Waals surface area contributed by atoms with Gasteiger partial charge < -0.3 is 10.1 Å². The molecule has 3 amide bonds. The molecule has 162 valence electrons. The molecule has 1 heterocycles. The van der Waals surface area contributed by atoms with Crippen molar-refractivity contribution in [2.45, 2.75) is 12.2 Å². The van der Waals surface area contributed by atoms with Crippen LogP contribution in [0.2, 0.25) is 0 Å². The van der Waals surface area contributed by atoms with E-state index in [4.69, 9.17) is 0 Å². The summed E-state index contributed by atoms with van der Waals surface area (Å²) in [6, 6.07) is 21.9. The maximum absolute atomic E-state index is 13.6. The molecule has 3 aromatic rings. The molecule has 8 heteroatoms. The first-order chi connectivity index (χ1) is 15.4. The van der Waals surface area contributed by atoms with Gasteiger partial charge in [0.2, 0.25) is 0 Å². The number of amides is 3. The lowest BCUT2D eigenvalue weighted by atomic mass is 9.82. The van der Waals surface area contributed by atoms with Crippen LogP contribution in [0.3, 0.4) is 0 Å². The van der Waals surface area contributed by atoms with E-state index in [1.54, 1.807) is 60.7 Å². The van der Waals surface area contributed by atoms with Crippen molar-refractivity contribution in [3.8, 4) is 5.75 Å². The number of benzene rings is 3. The summed E-state index contributed by atoms with van der Waals surface area (Å²) in [7, 11) is 0. The normalized spacial score (nSPS) is 15.0. The highest BCUT2D eigenvalue weighted by atomic mass is 19.3. The zero-order valence-corrected chi connectivity index (χ0v) is 16.7. The van der Waals surface area contributed by atoms with Gasteiger partial charge in [-0.25, -0.2) is 4.79 Å². The van der Waals surface area contributed by atoms with Gasteiger partial charge >= 0.3 is 12.6 Å².